The molecule has 0 aliphatic heterocycles. The third kappa shape index (κ3) is 3.19. The summed E-state index contributed by atoms with van der Waals surface area (Å²) < 4.78 is 1.82. The van der Waals surface area contributed by atoms with Crippen LogP contribution in [0.3, 0.4) is 0 Å². The number of aromatic nitrogens is 4. The number of halogens is 1. The smallest absolute Gasteiger partial charge is 0.251 e. The van der Waals surface area contributed by atoms with Crippen molar-refractivity contribution in [2.24, 2.45) is 0 Å². The maximum absolute atomic E-state index is 11.6. The molecule has 0 radical (unpaired) electrons. The molecule has 3 rings (SSSR count). The average Bonchev–Trinajstić information content (AvgIpc) is 2.95. The Hall–Kier alpha value is -2.40. The van der Waals surface area contributed by atoms with Crippen molar-refractivity contribution in [2.45, 2.75) is 26.8 Å². The van der Waals surface area contributed by atoms with Crippen molar-refractivity contribution in [3.8, 4) is 11.3 Å². The molecule has 0 saturated carbocycles. The molecule has 0 saturated heterocycles. The summed E-state index contributed by atoms with van der Waals surface area (Å²) in [5.41, 5.74) is 3.36. The number of nitrogens with zero attached hydrogens (tertiary/aromatic N) is 3. The van der Waals surface area contributed by atoms with E-state index >= 15 is 0 Å². The molecule has 0 bridgehead atoms. The number of rotatable bonds is 3. The zero-order chi connectivity index (χ0) is 16.6. The fourth-order valence-electron chi connectivity index (χ4n) is 2.52. The maximum atomic E-state index is 11.6. The number of aromatic amines is 1. The van der Waals surface area contributed by atoms with E-state index < -0.39 is 0 Å². The number of hydrogen-bond acceptors (Lipinski definition) is 3. The van der Waals surface area contributed by atoms with E-state index in [1.165, 1.54) is 6.07 Å². The van der Waals surface area contributed by atoms with Crippen LogP contribution < -0.4 is 5.56 Å². The molecule has 3 aromatic rings. The zero-order valence-corrected chi connectivity index (χ0v) is 13.9. The van der Waals surface area contributed by atoms with Gasteiger partial charge in [0.15, 0.2) is 0 Å². The molecule has 118 valence electrons. The Balaban J connectivity index is 1.96. The number of hydrogen-bond donors (Lipinski definition) is 1. The molecule has 0 aliphatic rings. The molecular weight excluding hydrogens is 312 g/mol. The summed E-state index contributed by atoms with van der Waals surface area (Å²) in [4.78, 5) is 18.6. The van der Waals surface area contributed by atoms with Gasteiger partial charge in [-0.15, -0.1) is 0 Å². The van der Waals surface area contributed by atoms with Crippen LogP contribution in [-0.4, -0.2) is 19.7 Å². The lowest BCUT2D eigenvalue weighted by atomic mass is 10.1. The lowest BCUT2D eigenvalue weighted by Gasteiger charge is -2.14. The third-order valence-electron chi connectivity index (χ3n) is 3.76. The topological polar surface area (TPSA) is 63.6 Å². The van der Waals surface area contributed by atoms with Crippen molar-refractivity contribution in [1.29, 1.82) is 0 Å². The highest BCUT2D eigenvalue weighted by Gasteiger charge is 2.14. The molecule has 1 atom stereocenters. The molecule has 1 aromatic carbocycles. The quantitative estimate of drug-likeness (QED) is 0.800. The van der Waals surface area contributed by atoms with Crippen LogP contribution in [0.4, 0.5) is 0 Å². The molecule has 0 fully saturated rings. The SMILES string of the molecule is Cc1ccc(C(C)n2cc(-c3cc(=O)[nH]c(C)n3)cn2)c(Cl)c1. The van der Waals surface area contributed by atoms with Crippen LogP contribution in [0, 0.1) is 13.8 Å². The minimum absolute atomic E-state index is 0.0139. The van der Waals surface area contributed by atoms with Gasteiger partial charge in [-0.25, -0.2) is 4.98 Å². The first-order chi connectivity index (χ1) is 10.9. The van der Waals surface area contributed by atoms with Gasteiger partial charge in [-0.2, -0.15) is 5.10 Å². The lowest BCUT2D eigenvalue weighted by Crippen LogP contribution is -2.09. The number of H-pyrrole nitrogens is 1. The van der Waals surface area contributed by atoms with Crippen LogP contribution in [0.1, 0.15) is 29.9 Å². The first kappa shape index (κ1) is 15.5. The molecule has 5 nitrogen and oxygen atoms in total. The van der Waals surface area contributed by atoms with E-state index in [-0.39, 0.29) is 11.6 Å². The highest BCUT2D eigenvalue weighted by atomic mass is 35.5. The normalized spacial score (nSPS) is 12.3. The van der Waals surface area contributed by atoms with Crippen LogP contribution in [0.5, 0.6) is 0 Å². The van der Waals surface area contributed by atoms with Crippen molar-refractivity contribution in [3.05, 3.63) is 69.0 Å². The molecule has 1 unspecified atom stereocenters. The standard InChI is InChI=1S/C17H17ClN4O/c1-10-4-5-14(15(18)6-10)11(2)22-9-13(8-19-22)16-7-17(23)21-12(3)20-16/h4-9,11H,1-3H3,(H,20,21,23). The summed E-state index contributed by atoms with van der Waals surface area (Å²) in [5.74, 6) is 0.579. The molecule has 6 heteroatoms. The van der Waals surface area contributed by atoms with Gasteiger partial charge in [-0.1, -0.05) is 23.7 Å². The van der Waals surface area contributed by atoms with Gasteiger partial charge in [0, 0.05) is 22.8 Å². The van der Waals surface area contributed by atoms with E-state index in [0.717, 1.165) is 21.7 Å². The van der Waals surface area contributed by atoms with Gasteiger partial charge in [-0.3, -0.25) is 9.48 Å². The predicted octanol–water partition coefficient (Wildman–Crippen LogP) is 3.51. The highest BCUT2D eigenvalue weighted by molar-refractivity contribution is 6.31. The first-order valence-corrected chi connectivity index (χ1v) is 7.70. The maximum Gasteiger partial charge on any atom is 0.251 e. The fourth-order valence-corrected chi connectivity index (χ4v) is 2.92. The van der Waals surface area contributed by atoms with Crippen LogP contribution in [0.15, 0.2) is 41.5 Å². The molecule has 1 N–H and O–H groups in total. The second-order valence-electron chi connectivity index (χ2n) is 5.63. The molecule has 0 aliphatic carbocycles. The highest BCUT2D eigenvalue weighted by Crippen LogP contribution is 2.27. The van der Waals surface area contributed by atoms with Gasteiger partial charge < -0.3 is 4.98 Å². The summed E-state index contributed by atoms with van der Waals surface area (Å²) in [6.07, 6.45) is 3.59. The number of benzene rings is 1. The second kappa shape index (κ2) is 6.01. The van der Waals surface area contributed by atoms with Gasteiger partial charge >= 0.3 is 0 Å². The third-order valence-corrected chi connectivity index (χ3v) is 4.09. The van der Waals surface area contributed by atoms with Crippen LogP contribution in [-0.2, 0) is 0 Å². The van der Waals surface area contributed by atoms with Crippen molar-refractivity contribution >= 4 is 11.6 Å². The Morgan fingerprint density at radius 3 is 2.74 bits per heavy atom. The Labute approximate surface area is 139 Å². The van der Waals surface area contributed by atoms with E-state index in [0.29, 0.717) is 11.5 Å². The number of nitrogens with one attached hydrogen (secondary N) is 1. The molecule has 0 amide bonds. The summed E-state index contributed by atoms with van der Waals surface area (Å²) in [5, 5.41) is 5.12. The van der Waals surface area contributed by atoms with Gasteiger partial charge in [0.2, 0.25) is 0 Å². The molecule has 2 heterocycles. The summed E-state index contributed by atoms with van der Waals surface area (Å²) >= 11 is 6.34. The molecule has 0 spiro atoms. The number of aryl methyl sites for hydroxylation is 2. The van der Waals surface area contributed by atoms with Gasteiger partial charge in [-0.05, 0) is 38.0 Å². The lowest BCUT2D eigenvalue weighted by molar-refractivity contribution is 0.565. The minimum atomic E-state index is -0.171. The van der Waals surface area contributed by atoms with E-state index in [9.17, 15) is 4.79 Å². The molecular formula is C17H17ClN4O. The van der Waals surface area contributed by atoms with Crippen LogP contribution in [0.2, 0.25) is 5.02 Å². The zero-order valence-electron chi connectivity index (χ0n) is 13.2. The largest absolute Gasteiger partial charge is 0.311 e. The van der Waals surface area contributed by atoms with Crippen molar-refractivity contribution in [3.63, 3.8) is 0 Å². The Morgan fingerprint density at radius 1 is 1.26 bits per heavy atom. The van der Waals surface area contributed by atoms with E-state index in [2.05, 4.69) is 15.1 Å². The fraction of sp³-hybridized carbons (Fsp3) is 0.235. The Bertz CT molecular complexity index is 913. The summed E-state index contributed by atoms with van der Waals surface area (Å²) in [6.45, 7) is 5.79. The van der Waals surface area contributed by atoms with Crippen molar-refractivity contribution < 1.29 is 0 Å². The van der Waals surface area contributed by atoms with Gasteiger partial charge in [0.05, 0.1) is 17.9 Å². The minimum Gasteiger partial charge on any atom is -0.311 e. The van der Waals surface area contributed by atoms with E-state index in [1.54, 1.807) is 13.1 Å². The Morgan fingerprint density at radius 2 is 2.04 bits per heavy atom. The van der Waals surface area contributed by atoms with Crippen LogP contribution >= 0.6 is 11.6 Å². The summed E-state index contributed by atoms with van der Waals surface area (Å²) in [6, 6.07) is 7.44. The molecule has 2 aromatic heterocycles. The van der Waals surface area contributed by atoms with E-state index in [1.807, 2.05) is 42.9 Å². The van der Waals surface area contributed by atoms with Crippen molar-refractivity contribution in [1.82, 2.24) is 19.7 Å². The Kier molecular flexibility index (Phi) is 4.05. The molecule has 23 heavy (non-hydrogen) atoms. The average molecular weight is 329 g/mol. The predicted molar refractivity (Wildman–Crippen MR) is 90.8 cm³/mol. The van der Waals surface area contributed by atoms with Gasteiger partial charge in [0.1, 0.15) is 5.82 Å². The van der Waals surface area contributed by atoms with Crippen molar-refractivity contribution in [2.75, 3.05) is 0 Å². The van der Waals surface area contributed by atoms with E-state index in [4.69, 9.17) is 11.6 Å². The summed E-state index contributed by atoms with van der Waals surface area (Å²) in [7, 11) is 0. The van der Waals surface area contributed by atoms with Gasteiger partial charge in [0.25, 0.3) is 5.56 Å². The van der Waals surface area contributed by atoms with Crippen LogP contribution in [0.25, 0.3) is 11.3 Å². The first-order valence-electron chi connectivity index (χ1n) is 7.32. The monoisotopic (exact) mass is 328 g/mol. The second-order valence-corrected chi connectivity index (χ2v) is 6.03.